The van der Waals surface area contributed by atoms with Crippen LogP contribution in [0.3, 0.4) is 0 Å². The van der Waals surface area contributed by atoms with E-state index in [9.17, 15) is 9.59 Å². The topological polar surface area (TPSA) is 49.4 Å². The number of halogens is 3. The maximum absolute atomic E-state index is 13.2. The highest BCUT2D eigenvalue weighted by atomic mass is 79.9. The minimum Gasteiger partial charge on any atom is -0.354 e. The molecule has 1 N–H and O–H groups in total. The van der Waals surface area contributed by atoms with Gasteiger partial charge in [0, 0.05) is 33.4 Å². The fourth-order valence-electron chi connectivity index (χ4n) is 3.04. The van der Waals surface area contributed by atoms with Crippen molar-refractivity contribution in [1.29, 1.82) is 0 Å². The maximum Gasteiger partial charge on any atom is 0.242 e. The van der Waals surface area contributed by atoms with Crippen LogP contribution in [0.15, 0.2) is 46.9 Å². The highest BCUT2D eigenvalue weighted by molar-refractivity contribution is 9.10. The molecule has 0 saturated carbocycles. The summed E-state index contributed by atoms with van der Waals surface area (Å²) in [5, 5.41) is 3.93. The lowest BCUT2D eigenvalue weighted by atomic mass is 10.1. The fraction of sp³-hybridized carbons (Fsp3) is 0.391. The molecule has 0 aliphatic heterocycles. The maximum atomic E-state index is 13.2. The molecule has 0 unspecified atom stereocenters. The number of rotatable bonds is 11. The summed E-state index contributed by atoms with van der Waals surface area (Å²) in [7, 11) is 0. The number of nitrogens with one attached hydrogen (secondary N) is 1. The van der Waals surface area contributed by atoms with Crippen molar-refractivity contribution in [2.45, 2.75) is 45.0 Å². The zero-order chi connectivity index (χ0) is 22.8. The summed E-state index contributed by atoms with van der Waals surface area (Å²) >= 11 is 17.3. The quantitative estimate of drug-likeness (QED) is 0.359. The van der Waals surface area contributed by atoms with Crippen LogP contribution >= 0.6 is 50.9 Å². The molecule has 2 aromatic rings. The van der Waals surface area contributed by atoms with Gasteiger partial charge in [0.05, 0.1) is 5.75 Å². The summed E-state index contributed by atoms with van der Waals surface area (Å²) in [6, 6.07) is 12.7. The molecule has 0 aliphatic carbocycles. The third-order valence-corrected chi connectivity index (χ3v) is 6.80. The highest BCUT2D eigenvalue weighted by Crippen LogP contribution is 2.24. The molecule has 0 aliphatic rings. The van der Waals surface area contributed by atoms with Gasteiger partial charge < -0.3 is 10.2 Å². The van der Waals surface area contributed by atoms with Gasteiger partial charge in [0.2, 0.25) is 11.8 Å². The van der Waals surface area contributed by atoms with Crippen LogP contribution in [-0.2, 0) is 21.9 Å². The van der Waals surface area contributed by atoms with Crippen LogP contribution in [0, 0.1) is 0 Å². The number of carbonyl (C=O) groups excluding carboxylic acids is 2. The van der Waals surface area contributed by atoms with Crippen molar-refractivity contribution in [3.05, 3.63) is 68.1 Å². The van der Waals surface area contributed by atoms with Crippen molar-refractivity contribution in [1.82, 2.24) is 10.2 Å². The summed E-state index contributed by atoms with van der Waals surface area (Å²) in [5.41, 5.74) is 1.90. The molecule has 0 bridgehead atoms. The fourth-order valence-corrected chi connectivity index (χ4v) is 4.64. The average molecular weight is 546 g/mol. The second-order valence-corrected chi connectivity index (χ2v) is 9.84. The van der Waals surface area contributed by atoms with Gasteiger partial charge >= 0.3 is 0 Å². The Morgan fingerprint density at radius 2 is 1.84 bits per heavy atom. The lowest BCUT2D eigenvalue weighted by molar-refractivity contribution is -0.139. The Balaban J connectivity index is 2.14. The van der Waals surface area contributed by atoms with Crippen molar-refractivity contribution in [2.75, 3.05) is 12.3 Å². The van der Waals surface area contributed by atoms with E-state index >= 15 is 0 Å². The molecular weight excluding hydrogens is 519 g/mol. The van der Waals surface area contributed by atoms with Gasteiger partial charge in [0.25, 0.3) is 0 Å². The van der Waals surface area contributed by atoms with Crippen molar-refractivity contribution in [3.8, 4) is 0 Å². The van der Waals surface area contributed by atoms with Crippen LogP contribution in [0.4, 0.5) is 0 Å². The zero-order valence-corrected chi connectivity index (χ0v) is 21.6. The minimum atomic E-state index is -0.556. The first-order valence-electron chi connectivity index (χ1n) is 10.2. The van der Waals surface area contributed by atoms with Gasteiger partial charge in [0.15, 0.2) is 0 Å². The van der Waals surface area contributed by atoms with Crippen molar-refractivity contribution < 1.29 is 9.59 Å². The van der Waals surface area contributed by atoms with E-state index in [0.29, 0.717) is 28.8 Å². The van der Waals surface area contributed by atoms with Gasteiger partial charge in [-0.25, -0.2) is 0 Å². The molecule has 0 spiro atoms. The lowest BCUT2D eigenvalue weighted by Crippen LogP contribution is -2.49. The van der Waals surface area contributed by atoms with Crippen LogP contribution in [0.2, 0.25) is 10.0 Å². The number of carbonyl (C=O) groups is 2. The molecule has 2 rings (SSSR count). The van der Waals surface area contributed by atoms with E-state index in [4.69, 9.17) is 23.2 Å². The number of amides is 2. The van der Waals surface area contributed by atoms with Gasteiger partial charge in [-0.15, -0.1) is 11.8 Å². The summed E-state index contributed by atoms with van der Waals surface area (Å²) in [6.07, 6.45) is 1.35. The number of thioether (sulfide) groups is 1. The van der Waals surface area contributed by atoms with E-state index in [0.717, 1.165) is 22.0 Å². The summed E-state index contributed by atoms with van der Waals surface area (Å²) in [5.74, 6) is 0.763. The lowest BCUT2D eigenvalue weighted by Gasteiger charge is -2.31. The van der Waals surface area contributed by atoms with E-state index in [1.165, 1.54) is 11.8 Å². The van der Waals surface area contributed by atoms with Gasteiger partial charge in [-0.3, -0.25) is 9.59 Å². The molecule has 0 saturated heterocycles. The molecule has 0 fully saturated rings. The standard InChI is InChI=1S/C23H27BrCl2N2O2S/c1-3-11-27-23(30)21(4-2)28(13-17-7-10-19(25)12-20(17)26)22(29)15-31-14-16-5-8-18(24)9-6-16/h5-10,12,21H,3-4,11,13-15H2,1-2H3,(H,27,30)/t21-/m1/s1. The highest BCUT2D eigenvalue weighted by Gasteiger charge is 2.28. The number of nitrogens with zero attached hydrogens (tertiary/aromatic N) is 1. The molecule has 31 heavy (non-hydrogen) atoms. The van der Waals surface area contributed by atoms with Gasteiger partial charge in [-0.1, -0.05) is 71.2 Å². The van der Waals surface area contributed by atoms with E-state index < -0.39 is 6.04 Å². The SMILES string of the molecule is CCCNC(=O)[C@@H](CC)N(Cc1ccc(Cl)cc1Cl)C(=O)CSCc1ccc(Br)cc1. The van der Waals surface area contributed by atoms with Crippen molar-refractivity contribution in [3.63, 3.8) is 0 Å². The Morgan fingerprint density at radius 3 is 2.45 bits per heavy atom. The minimum absolute atomic E-state index is 0.0911. The van der Waals surface area contributed by atoms with E-state index in [1.54, 1.807) is 23.1 Å². The Kier molecular flexibility index (Phi) is 11.2. The second-order valence-electron chi connectivity index (χ2n) is 7.09. The van der Waals surface area contributed by atoms with E-state index in [1.807, 2.05) is 38.1 Å². The second kappa shape index (κ2) is 13.4. The normalized spacial score (nSPS) is 11.8. The predicted molar refractivity (Wildman–Crippen MR) is 135 cm³/mol. The van der Waals surface area contributed by atoms with Crippen LogP contribution in [-0.4, -0.2) is 35.1 Å². The first kappa shape index (κ1) is 26.0. The van der Waals surface area contributed by atoms with Gasteiger partial charge in [0.1, 0.15) is 6.04 Å². The monoisotopic (exact) mass is 544 g/mol. The van der Waals surface area contributed by atoms with E-state index in [-0.39, 0.29) is 24.1 Å². The number of benzene rings is 2. The Labute approximate surface area is 207 Å². The van der Waals surface area contributed by atoms with Crippen LogP contribution < -0.4 is 5.32 Å². The molecule has 8 heteroatoms. The van der Waals surface area contributed by atoms with Crippen molar-refractivity contribution >= 4 is 62.7 Å². The summed E-state index contributed by atoms with van der Waals surface area (Å²) < 4.78 is 1.02. The van der Waals surface area contributed by atoms with Crippen molar-refractivity contribution in [2.24, 2.45) is 0 Å². The molecule has 2 aromatic carbocycles. The van der Waals surface area contributed by atoms with Crippen LogP contribution in [0.5, 0.6) is 0 Å². The Morgan fingerprint density at radius 1 is 1.13 bits per heavy atom. The largest absolute Gasteiger partial charge is 0.354 e. The summed E-state index contributed by atoms with van der Waals surface area (Å²) in [6.45, 7) is 4.74. The Bertz CT molecular complexity index is 880. The number of hydrogen-bond acceptors (Lipinski definition) is 3. The third-order valence-electron chi connectivity index (χ3n) is 4.70. The van der Waals surface area contributed by atoms with Gasteiger partial charge in [-0.2, -0.15) is 0 Å². The van der Waals surface area contributed by atoms with E-state index in [2.05, 4.69) is 21.2 Å². The molecule has 4 nitrogen and oxygen atoms in total. The smallest absolute Gasteiger partial charge is 0.242 e. The van der Waals surface area contributed by atoms with Crippen LogP contribution in [0.25, 0.3) is 0 Å². The first-order valence-corrected chi connectivity index (χ1v) is 12.9. The molecular formula is C23H27BrCl2N2O2S. The first-order chi connectivity index (χ1) is 14.8. The molecule has 1 atom stereocenters. The molecule has 2 amide bonds. The average Bonchev–Trinajstić information content (AvgIpc) is 2.74. The molecule has 0 aromatic heterocycles. The number of hydrogen-bond donors (Lipinski definition) is 1. The zero-order valence-electron chi connectivity index (χ0n) is 17.7. The predicted octanol–water partition coefficient (Wildman–Crippen LogP) is 6.32. The van der Waals surface area contributed by atoms with Crippen LogP contribution in [0.1, 0.15) is 37.8 Å². The summed E-state index contributed by atoms with van der Waals surface area (Å²) in [4.78, 5) is 27.6. The molecule has 0 radical (unpaired) electrons. The van der Waals surface area contributed by atoms with Gasteiger partial charge in [-0.05, 0) is 48.2 Å². The third kappa shape index (κ3) is 8.33. The molecule has 0 heterocycles. The molecule has 168 valence electrons. The Hall–Kier alpha value is -1.21.